The number of hydrogen-bond acceptors (Lipinski definition) is 9. The molecular weight excluding hydrogens is 613 g/mol. The molecule has 0 aliphatic carbocycles. The molecule has 0 aliphatic heterocycles. The summed E-state index contributed by atoms with van der Waals surface area (Å²) in [7, 11) is -2.16. The smallest absolute Gasteiger partial charge is 0.407 e. The normalized spacial score (nSPS) is 11.4. The molecule has 2 aromatic heterocycles. The van der Waals surface area contributed by atoms with Gasteiger partial charge in [-0.05, 0) is 73.9 Å². The molecular formula is C32H30N6O5S2. The summed E-state index contributed by atoms with van der Waals surface area (Å²) in [6, 6.07) is 21.3. The maximum Gasteiger partial charge on any atom is 0.407 e. The maximum atomic E-state index is 12.9. The van der Waals surface area contributed by atoms with Crippen molar-refractivity contribution in [1.29, 1.82) is 5.26 Å². The second-order valence-corrected chi connectivity index (χ2v) is 13.5. The summed E-state index contributed by atoms with van der Waals surface area (Å²) in [6.45, 7) is 5.67. The number of rotatable bonds is 9. The van der Waals surface area contributed by atoms with Gasteiger partial charge in [0.15, 0.2) is 5.13 Å². The minimum Gasteiger partial charge on any atom is -0.455 e. The van der Waals surface area contributed by atoms with Gasteiger partial charge in [-0.1, -0.05) is 30.3 Å². The molecule has 0 saturated carbocycles. The first-order valence-electron chi connectivity index (χ1n) is 13.8. The highest BCUT2D eigenvalue weighted by Gasteiger charge is 2.21. The van der Waals surface area contributed by atoms with Gasteiger partial charge in [-0.15, -0.1) is 11.3 Å². The third-order valence-electron chi connectivity index (χ3n) is 6.48. The Bertz CT molecular complexity index is 1990. The average molecular weight is 643 g/mol. The highest BCUT2D eigenvalue weighted by molar-refractivity contribution is 7.93. The summed E-state index contributed by atoms with van der Waals surface area (Å²) in [5.74, 6) is 0.614. The number of alkyl carbamates (subject to hydrolysis) is 1. The number of nitriles is 1. The molecule has 11 nitrogen and oxygen atoms in total. The van der Waals surface area contributed by atoms with Crippen molar-refractivity contribution in [3.8, 4) is 40.0 Å². The number of ether oxygens (including phenoxy) is 2. The second-order valence-electron chi connectivity index (χ2n) is 10.9. The van der Waals surface area contributed by atoms with Gasteiger partial charge in [-0.25, -0.2) is 18.2 Å². The molecule has 0 saturated heterocycles. The summed E-state index contributed by atoms with van der Waals surface area (Å²) < 4.78 is 41.6. The molecule has 5 aromatic rings. The Morgan fingerprint density at radius 2 is 1.80 bits per heavy atom. The molecule has 0 bridgehead atoms. The minimum absolute atomic E-state index is 0.0376. The van der Waals surface area contributed by atoms with E-state index in [1.165, 1.54) is 24.4 Å². The van der Waals surface area contributed by atoms with Crippen LogP contribution in [0, 0.1) is 11.3 Å². The number of nitrogens with zero attached hydrogens (tertiary/aromatic N) is 4. The van der Waals surface area contributed by atoms with E-state index in [0.29, 0.717) is 11.3 Å². The first-order chi connectivity index (χ1) is 21.4. The van der Waals surface area contributed by atoms with E-state index in [1.54, 1.807) is 50.1 Å². The van der Waals surface area contributed by atoms with Crippen molar-refractivity contribution in [2.75, 3.05) is 4.72 Å². The monoisotopic (exact) mass is 642 g/mol. The maximum absolute atomic E-state index is 12.9. The van der Waals surface area contributed by atoms with E-state index in [-0.39, 0.29) is 27.9 Å². The number of aromatic nitrogens is 3. The van der Waals surface area contributed by atoms with Crippen LogP contribution >= 0.6 is 11.3 Å². The van der Waals surface area contributed by atoms with Gasteiger partial charge in [0.1, 0.15) is 23.2 Å². The van der Waals surface area contributed by atoms with Gasteiger partial charge < -0.3 is 14.8 Å². The molecule has 45 heavy (non-hydrogen) atoms. The van der Waals surface area contributed by atoms with Crippen LogP contribution in [-0.2, 0) is 28.4 Å². The zero-order valence-electron chi connectivity index (χ0n) is 24.9. The SMILES string of the molecule is Cn1nccc1-c1cc(-c2ccccc2CNC(=O)OC(C)(C)C)ccc1Oc1ccc(S(=O)(=O)Nc2nccs2)cc1C#N. The van der Waals surface area contributed by atoms with Gasteiger partial charge in [0, 0.05) is 36.9 Å². The van der Waals surface area contributed by atoms with E-state index in [2.05, 4.69) is 20.1 Å². The van der Waals surface area contributed by atoms with Crippen LogP contribution in [0.1, 0.15) is 31.9 Å². The van der Waals surface area contributed by atoms with Crippen molar-refractivity contribution < 1.29 is 22.7 Å². The van der Waals surface area contributed by atoms with Crippen molar-refractivity contribution >= 4 is 32.6 Å². The molecule has 0 unspecified atom stereocenters. The Morgan fingerprint density at radius 3 is 2.49 bits per heavy atom. The summed E-state index contributed by atoms with van der Waals surface area (Å²) in [5, 5.41) is 18.9. The number of aryl methyl sites for hydroxylation is 1. The molecule has 2 heterocycles. The fraction of sp³-hybridized carbons (Fsp3) is 0.188. The molecule has 0 radical (unpaired) electrons. The molecule has 1 amide bonds. The summed E-state index contributed by atoms with van der Waals surface area (Å²) in [6.07, 6.45) is 2.65. The molecule has 0 aliphatic rings. The lowest BCUT2D eigenvalue weighted by Crippen LogP contribution is -2.32. The highest BCUT2D eigenvalue weighted by atomic mass is 32.2. The average Bonchev–Trinajstić information content (AvgIpc) is 3.67. The molecule has 3 aromatic carbocycles. The molecule has 0 spiro atoms. The number of sulfonamides is 1. The number of carbonyl (C=O) groups excluding carboxylic acids is 1. The van der Waals surface area contributed by atoms with Crippen LogP contribution in [0.15, 0.2) is 89.4 Å². The Balaban J connectivity index is 1.48. The van der Waals surface area contributed by atoms with E-state index in [1.807, 2.05) is 48.5 Å². The largest absolute Gasteiger partial charge is 0.455 e. The molecule has 5 rings (SSSR count). The third kappa shape index (κ3) is 7.49. The van der Waals surface area contributed by atoms with Crippen molar-refractivity contribution in [1.82, 2.24) is 20.1 Å². The first-order valence-corrected chi connectivity index (χ1v) is 16.1. The van der Waals surface area contributed by atoms with Gasteiger partial charge in [0.05, 0.1) is 16.2 Å². The fourth-order valence-electron chi connectivity index (χ4n) is 4.48. The molecule has 0 atom stereocenters. The number of anilines is 1. The van der Waals surface area contributed by atoms with E-state index in [9.17, 15) is 18.5 Å². The lowest BCUT2D eigenvalue weighted by atomic mass is 9.96. The Labute approximate surface area is 265 Å². The van der Waals surface area contributed by atoms with E-state index < -0.39 is 21.7 Å². The predicted octanol–water partition coefficient (Wildman–Crippen LogP) is 6.70. The third-order valence-corrected chi connectivity index (χ3v) is 8.64. The zero-order valence-corrected chi connectivity index (χ0v) is 26.6. The lowest BCUT2D eigenvalue weighted by Gasteiger charge is -2.20. The van der Waals surface area contributed by atoms with Crippen LogP contribution in [0.25, 0.3) is 22.4 Å². The van der Waals surface area contributed by atoms with Crippen LogP contribution in [0.2, 0.25) is 0 Å². The second kappa shape index (κ2) is 12.8. The standard InChI is InChI=1S/C32H30N6O5S2/c1-32(2,3)43-31(39)35-20-22-7-5-6-8-25(22)21-9-11-29(26(18-21)27-13-14-36-38(27)4)42-28-12-10-24(17-23(28)19-33)45(40,41)37-30-34-15-16-44-30/h5-18H,20H2,1-4H3,(H,34,37)(H,35,39). The van der Waals surface area contributed by atoms with Gasteiger partial charge in [0.25, 0.3) is 10.0 Å². The number of benzene rings is 3. The van der Waals surface area contributed by atoms with Crippen molar-refractivity contribution in [3.63, 3.8) is 0 Å². The molecule has 230 valence electrons. The minimum atomic E-state index is -3.97. The highest BCUT2D eigenvalue weighted by Crippen LogP contribution is 2.38. The molecule has 0 fully saturated rings. The fourth-order valence-corrected chi connectivity index (χ4v) is 6.30. The van der Waals surface area contributed by atoms with Crippen molar-refractivity contribution in [2.24, 2.45) is 7.05 Å². The Hall–Kier alpha value is -5.19. The summed E-state index contributed by atoms with van der Waals surface area (Å²) >= 11 is 1.14. The number of thiazole rings is 1. The van der Waals surface area contributed by atoms with E-state index in [0.717, 1.165) is 33.7 Å². The van der Waals surface area contributed by atoms with Gasteiger partial charge in [-0.3, -0.25) is 9.40 Å². The lowest BCUT2D eigenvalue weighted by molar-refractivity contribution is 0.0523. The number of carbonyl (C=O) groups is 1. The Morgan fingerprint density at radius 1 is 1.02 bits per heavy atom. The zero-order chi connectivity index (χ0) is 32.2. The number of nitrogens with one attached hydrogen (secondary N) is 2. The van der Waals surface area contributed by atoms with Crippen molar-refractivity contribution in [3.05, 3.63) is 95.6 Å². The predicted molar refractivity (Wildman–Crippen MR) is 171 cm³/mol. The van der Waals surface area contributed by atoms with Gasteiger partial charge in [0.2, 0.25) is 0 Å². The number of amides is 1. The van der Waals surface area contributed by atoms with E-state index >= 15 is 0 Å². The van der Waals surface area contributed by atoms with Crippen LogP contribution < -0.4 is 14.8 Å². The van der Waals surface area contributed by atoms with Crippen LogP contribution in [0.3, 0.4) is 0 Å². The van der Waals surface area contributed by atoms with Crippen LogP contribution in [-0.4, -0.2) is 34.9 Å². The number of hydrogen-bond donors (Lipinski definition) is 2. The van der Waals surface area contributed by atoms with Crippen LogP contribution in [0.4, 0.5) is 9.93 Å². The summed E-state index contributed by atoms with van der Waals surface area (Å²) in [4.78, 5) is 16.2. The quantitative estimate of drug-likeness (QED) is 0.180. The molecule has 2 N–H and O–H groups in total. The molecule has 13 heteroatoms. The summed E-state index contributed by atoms with van der Waals surface area (Å²) in [5.41, 5.74) is 3.49. The van der Waals surface area contributed by atoms with Crippen LogP contribution in [0.5, 0.6) is 11.5 Å². The van der Waals surface area contributed by atoms with Gasteiger partial charge in [-0.2, -0.15) is 10.4 Å². The Kier molecular flexibility index (Phi) is 8.89. The van der Waals surface area contributed by atoms with E-state index in [4.69, 9.17) is 9.47 Å². The van der Waals surface area contributed by atoms with Gasteiger partial charge >= 0.3 is 6.09 Å². The first kappa shape index (κ1) is 31.2. The van der Waals surface area contributed by atoms with Crippen molar-refractivity contribution in [2.45, 2.75) is 37.8 Å². The topological polar surface area (TPSA) is 148 Å².